The highest BCUT2D eigenvalue weighted by Crippen LogP contribution is 2.32. The van der Waals surface area contributed by atoms with Crippen LogP contribution in [0.4, 0.5) is 5.13 Å². The van der Waals surface area contributed by atoms with Crippen molar-refractivity contribution < 1.29 is 14.3 Å². The van der Waals surface area contributed by atoms with Crippen LogP contribution in [0.15, 0.2) is 66.6 Å². The van der Waals surface area contributed by atoms with E-state index in [0.29, 0.717) is 30.6 Å². The van der Waals surface area contributed by atoms with Gasteiger partial charge in [-0.3, -0.25) is 9.69 Å². The monoisotopic (exact) mass is 392 g/mol. The molecule has 0 radical (unpaired) electrons. The van der Waals surface area contributed by atoms with Gasteiger partial charge < -0.3 is 9.47 Å². The van der Waals surface area contributed by atoms with Crippen LogP contribution in [-0.2, 0) is 11.2 Å². The standard InChI is InChI=1S/C22H20N2O3S/c1-2-10-24(22-23-18(15-28-22)17-6-4-3-5-7-17)21(25)14-16-8-9-19-20(13-16)27-12-11-26-19/h2-9,13,15H,1,10-12,14H2. The topological polar surface area (TPSA) is 51.7 Å². The van der Waals surface area contributed by atoms with Crippen molar-refractivity contribution in [3.8, 4) is 22.8 Å². The normalized spacial score (nSPS) is 12.4. The van der Waals surface area contributed by atoms with E-state index in [0.717, 1.165) is 22.6 Å². The molecule has 1 aliphatic rings. The van der Waals surface area contributed by atoms with Gasteiger partial charge >= 0.3 is 0 Å². The quantitative estimate of drug-likeness (QED) is 0.586. The van der Waals surface area contributed by atoms with Crippen LogP contribution in [-0.4, -0.2) is 30.6 Å². The number of anilines is 1. The Morgan fingerprint density at radius 3 is 2.71 bits per heavy atom. The number of hydrogen-bond acceptors (Lipinski definition) is 5. The average Bonchev–Trinajstić information content (AvgIpc) is 3.22. The first-order valence-electron chi connectivity index (χ1n) is 9.05. The maximum atomic E-state index is 13.0. The highest BCUT2D eigenvalue weighted by atomic mass is 32.1. The van der Waals surface area contributed by atoms with Crippen LogP contribution in [0.2, 0.25) is 0 Å². The molecule has 2 heterocycles. The van der Waals surface area contributed by atoms with Gasteiger partial charge in [0.15, 0.2) is 16.6 Å². The molecule has 0 aliphatic carbocycles. The molecule has 5 nitrogen and oxygen atoms in total. The zero-order valence-electron chi connectivity index (χ0n) is 15.3. The van der Waals surface area contributed by atoms with Crippen molar-refractivity contribution in [2.24, 2.45) is 0 Å². The van der Waals surface area contributed by atoms with Crippen LogP contribution in [0.5, 0.6) is 11.5 Å². The van der Waals surface area contributed by atoms with E-state index in [1.165, 1.54) is 11.3 Å². The van der Waals surface area contributed by atoms with Gasteiger partial charge in [0.2, 0.25) is 5.91 Å². The predicted molar refractivity (Wildman–Crippen MR) is 111 cm³/mol. The largest absolute Gasteiger partial charge is 0.486 e. The van der Waals surface area contributed by atoms with Crippen LogP contribution in [0, 0.1) is 0 Å². The van der Waals surface area contributed by atoms with Crippen LogP contribution in [0.1, 0.15) is 5.56 Å². The number of hydrogen-bond donors (Lipinski definition) is 0. The smallest absolute Gasteiger partial charge is 0.233 e. The van der Waals surface area contributed by atoms with E-state index < -0.39 is 0 Å². The van der Waals surface area contributed by atoms with Gasteiger partial charge in [-0.25, -0.2) is 4.98 Å². The number of benzene rings is 2. The molecule has 28 heavy (non-hydrogen) atoms. The second kappa shape index (κ2) is 8.27. The molecule has 0 atom stereocenters. The van der Waals surface area contributed by atoms with Crippen LogP contribution < -0.4 is 14.4 Å². The summed E-state index contributed by atoms with van der Waals surface area (Å²) in [7, 11) is 0. The summed E-state index contributed by atoms with van der Waals surface area (Å²) in [6, 6.07) is 15.6. The Hall–Kier alpha value is -3.12. The van der Waals surface area contributed by atoms with E-state index in [9.17, 15) is 4.79 Å². The maximum absolute atomic E-state index is 13.0. The van der Waals surface area contributed by atoms with Crippen molar-refractivity contribution >= 4 is 22.4 Å². The molecular weight excluding hydrogens is 372 g/mol. The molecule has 6 heteroatoms. The van der Waals surface area contributed by atoms with Gasteiger partial charge in [0.25, 0.3) is 0 Å². The third kappa shape index (κ3) is 3.92. The minimum atomic E-state index is -0.0365. The van der Waals surface area contributed by atoms with Gasteiger partial charge in [-0.05, 0) is 17.7 Å². The zero-order chi connectivity index (χ0) is 19.3. The van der Waals surface area contributed by atoms with Gasteiger partial charge in [-0.15, -0.1) is 17.9 Å². The number of carbonyl (C=O) groups excluding carboxylic acids is 1. The van der Waals surface area contributed by atoms with Crippen molar-refractivity contribution in [1.82, 2.24) is 4.98 Å². The number of nitrogens with zero attached hydrogens (tertiary/aromatic N) is 2. The van der Waals surface area contributed by atoms with Crippen molar-refractivity contribution in [2.75, 3.05) is 24.7 Å². The van der Waals surface area contributed by atoms with Crippen molar-refractivity contribution in [3.05, 3.63) is 72.1 Å². The van der Waals surface area contributed by atoms with Crippen LogP contribution >= 0.6 is 11.3 Å². The fraction of sp³-hybridized carbons (Fsp3) is 0.182. The Bertz CT molecular complexity index is 984. The lowest BCUT2D eigenvalue weighted by Gasteiger charge is -2.20. The summed E-state index contributed by atoms with van der Waals surface area (Å²) < 4.78 is 11.2. The number of carbonyl (C=O) groups is 1. The first kappa shape index (κ1) is 18.3. The molecule has 0 saturated carbocycles. The molecule has 1 amide bonds. The number of fused-ring (bicyclic) bond motifs is 1. The van der Waals surface area contributed by atoms with Crippen LogP contribution in [0.3, 0.4) is 0 Å². The second-order valence-electron chi connectivity index (χ2n) is 6.33. The Kier molecular flexibility index (Phi) is 5.39. The van der Waals surface area contributed by atoms with E-state index >= 15 is 0 Å². The number of amides is 1. The molecule has 0 unspecified atom stereocenters. The third-order valence-electron chi connectivity index (χ3n) is 4.37. The molecule has 0 saturated heterocycles. The Morgan fingerprint density at radius 2 is 1.93 bits per heavy atom. The molecule has 4 rings (SSSR count). The summed E-state index contributed by atoms with van der Waals surface area (Å²) >= 11 is 1.46. The van der Waals surface area contributed by atoms with E-state index in [4.69, 9.17) is 9.47 Å². The summed E-state index contributed by atoms with van der Waals surface area (Å²) in [5.74, 6) is 1.37. The zero-order valence-corrected chi connectivity index (χ0v) is 16.2. The SMILES string of the molecule is C=CCN(C(=O)Cc1ccc2c(c1)OCCO2)c1nc(-c2ccccc2)cs1. The summed E-state index contributed by atoms with van der Waals surface area (Å²) in [5.41, 5.74) is 2.77. The van der Waals surface area contributed by atoms with E-state index in [-0.39, 0.29) is 12.3 Å². The summed E-state index contributed by atoms with van der Waals surface area (Å²) in [5, 5.41) is 2.64. The molecule has 3 aromatic rings. The Labute approximate surface area is 167 Å². The van der Waals surface area contributed by atoms with Gasteiger partial charge in [-0.1, -0.05) is 42.5 Å². The lowest BCUT2D eigenvalue weighted by Crippen LogP contribution is -2.32. The molecule has 142 valence electrons. The van der Waals surface area contributed by atoms with Crippen molar-refractivity contribution in [1.29, 1.82) is 0 Å². The lowest BCUT2D eigenvalue weighted by molar-refractivity contribution is -0.117. The van der Waals surface area contributed by atoms with E-state index in [1.807, 2.05) is 53.9 Å². The molecule has 1 aromatic heterocycles. The molecule has 2 aromatic carbocycles. The summed E-state index contributed by atoms with van der Waals surface area (Å²) in [4.78, 5) is 19.3. The Balaban J connectivity index is 1.54. The lowest BCUT2D eigenvalue weighted by atomic mass is 10.1. The highest BCUT2D eigenvalue weighted by molar-refractivity contribution is 7.14. The van der Waals surface area contributed by atoms with Gasteiger partial charge in [-0.2, -0.15) is 0 Å². The minimum Gasteiger partial charge on any atom is -0.486 e. The number of rotatable bonds is 6. The summed E-state index contributed by atoms with van der Waals surface area (Å²) in [6.07, 6.45) is 1.97. The molecule has 0 fully saturated rings. The molecule has 0 N–H and O–H groups in total. The number of aromatic nitrogens is 1. The molecular formula is C22H20N2O3S. The molecule has 0 bridgehead atoms. The van der Waals surface area contributed by atoms with Gasteiger partial charge in [0, 0.05) is 17.5 Å². The minimum absolute atomic E-state index is 0.0365. The number of thiazole rings is 1. The summed E-state index contributed by atoms with van der Waals surface area (Å²) in [6.45, 7) is 5.26. The second-order valence-corrected chi connectivity index (χ2v) is 7.17. The number of ether oxygens (including phenoxy) is 2. The van der Waals surface area contributed by atoms with Crippen LogP contribution in [0.25, 0.3) is 11.3 Å². The van der Waals surface area contributed by atoms with E-state index in [1.54, 1.807) is 11.0 Å². The predicted octanol–water partition coefficient (Wildman–Crippen LogP) is 4.34. The van der Waals surface area contributed by atoms with Gasteiger partial charge in [0.1, 0.15) is 13.2 Å². The molecule has 0 spiro atoms. The maximum Gasteiger partial charge on any atom is 0.233 e. The first-order valence-corrected chi connectivity index (χ1v) is 9.93. The van der Waals surface area contributed by atoms with Crippen molar-refractivity contribution in [3.63, 3.8) is 0 Å². The first-order chi connectivity index (χ1) is 13.7. The van der Waals surface area contributed by atoms with Gasteiger partial charge in [0.05, 0.1) is 12.1 Å². The third-order valence-corrected chi connectivity index (χ3v) is 5.23. The fourth-order valence-corrected chi connectivity index (χ4v) is 3.87. The van der Waals surface area contributed by atoms with Crippen molar-refractivity contribution in [2.45, 2.75) is 6.42 Å². The highest BCUT2D eigenvalue weighted by Gasteiger charge is 2.20. The van der Waals surface area contributed by atoms with E-state index in [2.05, 4.69) is 11.6 Å². The molecule has 1 aliphatic heterocycles. The average molecular weight is 392 g/mol. The fourth-order valence-electron chi connectivity index (χ4n) is 3.01. The Morgan fingerprint density at radius 1 is 1.14 bits per heavy atom.